The number of nitrogens with zero attached hydrogens (tertiary/aromatic N) is 4. The molecular weight excluding hydrogens is 358 g/mol. The zero-order chi connectivity index (χ0) is 18.4. The van der Waals surface area contributed by atoms with Crippen molar-refractivity contribution in [3.05, 3.63) is 76.3 Å². The summed E-state index contributed by atoms with van der Waals surface area (Å²) in [5.74, 6) is 1.13. The summed E-state index contributed by atoms with van der Waals surface area (Å²) in [6.45, 7) is 2.08. The quantitative estimate of drug-likeness (QED) is 0.488. The average Bonchev–Trinajstić information content (AvgIpc) is 3.09. The molecule has 7 heteroatoms. The van der Waals surface area contributed by atoms with Crippen molar-refractivity contribution in [1.29, 1.82) is 0 Å². The zero-order valence-corrected chi connectivity index (χ0v) is 15.3. The second-order valence-electron chi connectivity index (χ2n) is 6.34. The van der Waals surface area contributed by atoms with E-state index in [2.05, 4.69) is 39.2 Å². The molecule has 0 aliphatic heterocycles. The molecule has 0 amide bonds. The van der Waals surface area contributed by atoms with Crippen LogP contribution >= 0.6 is 11.8 Å². The van der Waals surface area contributed by atoms with Gasteiger partial charge in [-0.05, 0) is 36.8 Å². The number of aryl methyl sites for hydroxylation is 1. The van der Waals surface area contributed by atoms with E-state index in [-0.39, 0.29) is 5.56 Å². The number of rotatable bonds is 3. The van der Waals surface area contributed by atoms with Crippen LogP contribution in [0.3, 0.4) is 0 Å². The first-order valence-electron chi connectivity index (χ1n) is 8.55. The van der Waals surface area contributed by atoms with Gasteiger partial charge in [-0.3, -0.25) is 9.20 Å². The molecule has 132 valence electrons. The van der Waals surface area contributed by atoms with Crippen molar-refractivity contribution >= 4 is 39.2 Å². The fraction of sp³-hybridized carbons (Fsp3) is 0.100. The van der Waals surface area contributed by atoms with Crippen LogP contribution in [0.25, 0.3) is 27.5 Å². The fourth-order valence-corrected chi connectivity index (χ4v) is 4.13. The van der Waals surface area contributed by atoms with Gasteiger partial charge in [0.2, 0.25) is 0 Å². The summed E-state index contributed by atoms with van der Waals surface area (Å²) in [6, 6.07) is 17.6. The maximum absolute atomic E-state index is 12.2. The minimum absolute atomic E-state index is 0.122. The summed E-state index contributed by atoms with van der Waals surface area (Å²) < 4.78 is 2.05. The van der Waals surface area contributed by atoms with Crippen molar-refractivity contribution in [2.75, 3.05) is 0 Å². The maximum Gasteiger partial charge on any atom is 0.258 e. The molecule has 3 aromatic heterocycles. The highest BCUT2D eigenvalue weighted by Gasteiger charge is 2.12. The molecule has 2 aromatic carbocycles. The molecule has 3 heterocycles. The SMILES string of the molecule is Cc1cc2nnc(SCc3nc4ccccc4c(=O)[nH]3)n2c2ccccc12. The first-order chi connectivity index (χ1) is 13.2. The van der Waals surface area contributed by atoms with Gasteiger partial charge in [-0.1, -0.05) is 42.1 Å². The molecule has 5 rings (SSSR count). The Morgan fingerprint density at radius 1 is 1.04 bits per heavy atom. The van der Waals surface area contributed by atoms with Gasteiger partial charge in [0.25, 0.3) is 5.56 Å². The Labute approximate surface area is 158 Å². The number of H-pyrrole nitrogens is 1. The van der Waals surface area contributed by atoms with E-state index in [0.29, 0.717) is 22.5 Å². The van der Waals surface area contributed by atoms with Crippen LogP contribution in [0.15, 0.2) is 64.5 Å². The standard InChI is InChI=1S/C20H15N5OS/c1-12-10-18-23-24-20(25(18)16-9-5-3-6-13(12)16)27-11-17-21-15-8-4-2-7-14(15)19(26)22-17/h2-10H,11H2,1H3,(H,21,22,26). The Morgan fingerprint density at radius 3 is 2.70 bits per heavy atom. The molecule has 0 aliphatic rings. The van der Waals surface area contributed by atoms with Crippen molar-refractivity contribution in [3.63, 3.8) is 0 Å². The topological polar surface area (TPSA) is 75.9 Å². The number of hydrogen-bond donors (Lipinski definition) is 1. The number of aromatic nitrogens is 5. The summed E-state index contributed by atoms with van der Waals surface area (Å²) in [5.41, 5.74) is 3.63. The first-order valence-corrected chi connectivity index (χ1v) is 9.53. The molecule has 0 atom stereocenters. The number of para-hydroxylation sites is 2. The number of aromatic amines is 1. The minimum atomic E-state index is -0.122. The van der Waals surface area contributed by atoms with Crippen LogP contribution in [-0.4, -0.2) is 24.6 Å². The summed E-state index contributed by atoms with van der Waals surface area (Å²) in [5, 5.41) is 11.2. The molecule has 1 N–H and O–H groups in total. The summed E-state index contributed by atoms with van der Waals surface area (Å²) in [7, 11) is 0. The second-order valence-corrected chi connectivity index (χ2v) is 7.28. The highest BCUT2D eigenvalue weighted by atomic mass is 32.2. The Balaban J connectivity index is 1.56. The van der Waals surface area contributed by atoms with E-state index < -0.39 is 0 Å². The summed E-state index contributed by atoms with van der Waals surface area (Å²) in [6.07, 6.45) is 0. The Hall–Kier alpha value is -3.19. The lowest BCUT2D eigenvalue weighted by Crippen LogP contribution is -2.11. The monoisotopic (exact) mass is 373 g/mol. The van der Waals surface area contributed by atoms with Crippen LogP contribution in [-0.2, 0) is 5.75 Å². The van der Waals surface area contributed by atoms with Crippen LogP contribution in [0, 0.1) is 6.92 Å². The fourth-order valence-electron chi connectivity index (χ4n) is 3.30. The normalized spacial score (nSPS) is 11.6. The molecule has 0 bridgehead atoms. The molecule has 27 heavy (non-hydrogen) atoms. The van der Waals surface area contributed by atoms with Crippen LogP contribution in [0.4, 0.5) is 0 Å². The maximum atomic E-state index is 12.2. The molecule has 0 fully saturated rings. The number of thioether (sulfide) groups is 1. The van der Waals surface area contributed by atoms with E-state index in [1.165, 1.54) is 22.7 Å². The lowest BCUT2D eigenvalue weighted by molar-refractivity contribution is 0.934. The highest BCUT2D eigenvalue weighted by molar-refractivity contribution is 7.98. The third-order valence-electron chi connectivity index (χ3n) is 4.57. The van der Waals surface area contributed by atoms with Gasteiger partial charge in [0, 0.05) is 5.39 Å². The number of benzene rings is 2. The minimum Gasteiger partial charge on any atom is -0.309 e. The van der Waals surface area contributed by atoms with Crippen molar-refractivity contribution in [2.45, 2.75) is 17.8 Å². The predicted molar refractivity (Wildman–Crippen MR) is 107 cm³/mol. The highest BCUT2D eigenvalue weighted by Crippen LogP contribution is 2.27. The lowest BCUT2D eigenvalue weighted by Gasteiger charge is -2.07. The molecule has 0 saturated carbocycles. The van der Waals surface area contributed by atoms with Gasteiger partial charge in [-0.15, -0.1) is 10.2 Å². The number of pyridine rings is 1. The van der Waals surface area contributed by atoms with Crippen molar-refractivity contribution in [2.24, 2.45) is 0 Å². The second kappa shape index (κ2) is 6.21. The van der Waals surface area contributed by atoms with Gasteiger partial charge >= 0.3 is 0 Å². The number of fused-ring (bicyclic) bond motifs is 4. The van der Waals surface area contributed by atoms with Crippen molar-refractivity contribution < 1.29 is 0 Å². The van der Waals surface area contributed by atoms with Crippen molar-refractivity contribution in [1.82, 2.24) is 24.6 Å². The third kappa shape index (κ3) is 2.67. The summed E-state index contributed by atoms with van der Waals surface area (Å²) in [4.78, 5) is 19.7. The molecule has 6 nitrogen and oxygen atoms in total. The van der Waals surface area contributed by atoms with E-state index in [1.807, 2.05) is 40.8 Å². The van der Waals surface area contributed by atoms with E-state index in [1.54, 1.807) is 6.07 Å². The van der Waals surface area contributed by atoms with Crippen LogP contribution in [0.2, 0.25) is 0 Å². The van der Waals surface area contributed by atoms with E-state index in [9.17, 15) is 4.79 Å². The van der Waals surface area contributed by atoms with Crippen LogP contribution in [0.1, 0.15) is 11.4 Å². The predicted octanol–water partition coefficient (Wildman–Crippen LogP) is 3.72. The Kier molecular flexibility index (Phi) is 3.68. The molecule has 0 aliphatic carbocycles. The molecule has 0 radical (unpaired) electrons. The van der Waals surface area contributed by atoms with Crippen LogP contribution in [0.5, 0.6) is 0 Å². The molecule has 5 aromatic rings. The van der Waals surface area contributed by atoms with Gasteiger partial charge in [-0.25, -0.2) is 4.98 Å². The largest absolute Gasteiger partial charge is 0.309 e. The molecule has 0 unspecified atom stereocenters. The van der Waals surface area contributed by atoms with Crippen molar-refractivity contribution in [3.8, 4) is 0 Å². The Morgan fingerprint density at radius 2 is 1.81 bits per heavy atom. The van der Waals surface area contributed by atoms with Gasteiger partial charge in [0.1, 0.15) is 5.82 Å². The van der Waals surface area contributed by atoms with E-state index >= 15 is 0 Å². The lowest BCUT2D eigenvalue weighted by atomic mass is 10.1. The van der Waals surface area contributed by atoms with Gasteiger partial charge in [-0.2, -0.15) is 0 Å². The van der Waals surface area contributed by atoms with E-state index in [0.717, 1.165) is 16.3 Å². The number of nitrogens with one attached hydrogen (secondary N) is 1. The zero-order valence-electron chi connectivity index (χ0n) is 14.5. The third-order valence-corrected chi connectivity index (χ3v) is 5.51. The molecular formula is C20H15N5OS. The first kappa shape index (κ1) is 16.0. The smallest absolute Gasteiger partial charge is 0.258 e. The Bertz CT molecular complexity index is 1370. The van der Waals surface area contributed by atoms with E-state index in [4.69, 9.17) is 0 Å². The van der Waals surface area contributed by atoms with Gasteiger partial charge in [0.15, 0.2) is 10.8 Å². The molecule has 0 saturated heterocycles. The van der Waals surface area contributed by atoms with Gasteiger partial charge < -0.3 is 4.98 Å². The van der Waals surface area contributed by atoms with Crippen LogP contribution < -0.4 is 5.56 Å². The molecule has 0 spiro atoms. The number of hydrogen-bond acceptors (Lipinski definition) is 5. The average molecular weight is 373 g/mol. The van der Waals surface area contributed by atoms with Gasteiger partial charge in [0.05, 0.1) is 22.2 Å². The summed E-state index contributed by atoms with van der Waals surface area (Å²) >= 11 is 1.50.